The van der Waals surface area contributed by atoms with Crippen molar-refractivity contribution in [1.29, 1.82) is 0 Å². The van der Waals surface area contributed by atoms with Crippen molar-refractivity contribution in [2.24, 2.45) is 0 Å². The largest absolute Gasteiger partial charge is 2.00 e. The second kappa shape index (κ2) is 20.8. The van der Waals surface area contributed by atoms with Crippen molar-refractivity contribution in [1.82, 2.24) is 0 Å². The van der Waals surface area contributed by atoms with Crippen LogP contribution in [-0.4, -0.2) is 37.7 Å². The smallest absolute Gasteiger partial charge is 1.00 e. The van der Waals surface area contributed by atoms with Crippen LogP contribution in [0.2, 0.25) is 0 Å². The Morgan fingerprint density at radius 1 is 1.50 bits per heavy atom. The Bertz CT molecular complexity index is 13.5. The Kier molecular flexibility index (Phi) is 87.8. The summed E-state index contributed by atoms with van der Waals surface area (Å²) >= 11 is 0. The van der Waals surface area contributed by atoms with Crippen LogP contribution in [-0.2, 0) is 21.6 Å². The van der Waals surface area contributed by atoms with Gasteiger partial charge in [0.25, 0.3) is 0 Å². The molecule has 0 saturated carbocycles. The van der Waals surface area contributed by atoms with Gasteiger partial charge in [-0.25, -0.2) is 0 Å². The molecule has 0 N–H and O–H groups in total. The van der Waals surface area contributed by atoms with Crippen molar-refractivity contribution in [2.75, 3.05) is 0 Å². The first-order valence-corrected chi connectivity index (χ1v) is 0.612. The van der Waals surface area contributed by atoms with Crippen LogP contribution in [0.3, 0.4) is 0 Å². The zero-order valence-corrected chi connectivity index (χ0v) is 6.28. The molecule has 0 atom stereocenters. The third kappa shape index (κ3) is 9.11. The van der Waals surface area contributed by atoms with Crippen molar-refractivity contribution in [3.05, 3.63) is 0 Å². The summed E-state index contributed by atoms with van der Waals surface area (Å²) < 4.78 is 8.06. The van der Waals surface area contributed by atoms with E-state index in [0.29, 0.717) is 0 Å². The summed E-state index contributed by atoms with van der Waals surface area (Å²) in [4.78, 5) is 0. The third-order valence-electron chi connectivity index (χ3n) is 0. The molecule has 4 heteroatoms. The number of hydrogen-bond acceptors (Lipinski definition) is 1. The molecular weight excluding hydrogens is 143 g/mol. The van der Waals surface area contributed by atoms with E-state index < -0.39 is 0 Å². The molecule has 0 aromatic carbocycles. The van der Waals surface area contributed by atoms with Gasteiger partial charge in [0.05, 0.1) is 0 Å². The van der Waals surface area contributed by atoms with Gasteiger partial charge in [-0.05, 0) is 0 Å². The first-order valence-electron chi connectivity index (χ1n) is 0.204. The molecule has 0 amide bonds. The molecule has 0 aliphatic rings. The molecule has 0 spiro atoms. The van der Waals surface area contributed by atoms with Crippen LogP contribution in [0.1, 0.15) is 2.85 Å². The predicted molar refractivity (Wildman–Crippen MR) is 17.0 cm³/mol. The molecule has 24 valence electrons. The molecule has 4 heavy (non-hydrogen) atoms. The van der Waals surface area contributed by atoms with Gasteiger partial charge in [-0.15, -0.1) is 0 Å². The zero-order valence-electron chi connectivity index (χ0n) is 3.97. The maximum Gasteiger partial charge on any atom is 2.00 e. The van der Waals surface area contributed by atoms with E-state index >= 15 is 0 Å². The zero-order chi connectivity index (χ0) is 2.00. The summed E-state index contributed by atoms with van der Waals surface area (Å²) in [6, 6.07) is 0. The molecule has 0 aliphatic heterocycles. The Morgan fingerprint density at radius 3 is 1.50 bits per heavy atom. The predicted octanol–water partition coefficient (Wildman–Crippen LogP) is 0.316. The minimum absolute atomic E-state index is 0. The van der Waals surface area contributed by atoms with E-state index in [-0.39, 0.29) is 57.7 Å². The first kappa shape index (κ1) is 16.9. The van der Waals surface area contributed by atoms with Gasteiger partial charge in [-0.2, -0.15) is 0 Å². The first-order chi connectivity index (χ1) is 1.00. The van der Waals surface area contributed by atoms with E-state index in [1.54, 1.807) is 9.12 Å². The molecule has 0 radical (unpaired) electrons. The minimum Gasteiger partial charge on any atom is -1.00 e. The second-order valence-corrected chi connectivity index (χ2v) is 0. The van der Waals surface area contributed by atoms with Crippen LogP contribution in [0, 0.1) is 0 Å². The molecule has 0 aromatic rings. The van der Waals surface area contributed by atoms with E-state index in [9.17, 15) is 0 Å². The summed E-state index contributed by atoms with van der Waals surface area (Å²) in [6.07, 6.45) is 0. The molecular formula is H3CaFeOP. The van der Waals surface area contributed by atoms with Gasteiger partial charge in [-0.3, -0.25) is 4.57 Å². The fraction of sp³-hybridized carbons (Fsp3) is 0. The monoisotopic (exact) mass is 146 g/mol. The summed E-state index contributed by atoms with van der Waals surface area (Å²) in [5.41, 5.74) is 0. The average Bonchev–Trinajstić information content (AvgIpc) is 1.00. The molecule has 0 rings (SSSR count). The Morgan fingerprint density at radius 2 is 1.50 bits per heavy atom. The molecule has 0 heterocycles. The van der Waals surface area contributed by atoms with Gasteiger partial charge < -0.3 is 2.85 Å². The van der Waals surface area contributed by atoms with Gasteiger partial charge >= 0.3 is 37.7 Å². The van der Waals surface area contributed by atoms with E-state index in [2.05, 4.69) is 0 Å². The van der Waals surface area contributed by atoms with Crippen molar-refractivity contribution >= 4 is 46.9 Å². The fourth-order valence-electron chi connectivity index (χ4n) is 0. The number of hydrogen-bond donors (Lipinski definition) is 0. The molecule has 0 bridgehead atoms. The van der Waals surface area contributed by atoms with Crippen LogP contribution in [0.15, 0.2) is 0 Å². The van der Waals surface area contributed by atoms with E-state index in [4.69, 9.17) is 4.57 Å². The average molecular weight is 146 g/mol. The van der Waals surface area contributed by atoms with Gasteiger partial charge in [0, 0.05) is 17.1 Å². The van der Waals surface area contributed by atoms with Crippen LogP contribution in [0.4, 0.5) is 0 Å². The van der Waals surface area contributed by atoms with Crippen molar-refractivity contribution in [3.63, 3.8) is 0 Å². The van der Waals surface area contributed by atoms with E-state index in [0.717, 1.165) is 0 Å². The molecule has 0 saturated heterocycles. The van der Waals surface area contributed by atoms with Gasteiger partial charge in [0.1, 0.15) is 9.12 Å². The molecule has 0 aliphatic carbocycles. The van der Waals surface area contributed by atoms with Gasteiger partial charge in [0.15, 0.2) is 0 Å². The summed E-state index contributed by atoms with van der Waals surface area (Å²) in [7, 11) is 1.72. The molecule has 0 unspecified atom stereocenters. The standard InChI is InChI=1S/Ca.Fe.HOP.2H/c;;1-2;;/h;;2H;;/q+2;;;2*-1. The van der Waals surface area contributed by atoms with Gasteiger partial charge in [-0.1, -0.05) is 0 Å². The SMILES string of the molecule is O=P.[Ca+2].[Fe].[H-].[H-]. The van der Waals surface area contributed by atoms with Crippen LogP contribution < -0.4 is 0 Å². The Balaban J connectivity index is -0.000000000833. The van der Waals surface area contributed by atoms with Crippen LogP contribution in [0.5, 0.6) is 0 Å². The van der Waals surface area contributed by atoms with Crippen LogP contribution >= 0.6 is 9.12 Å². The summed E-state index contributed by atoms with van der Waals surface area (Å²) in [5.74, 6) is 0. The second-order valence-electron chi connectivity index (χ2n) is 0. The third-order valence-corrected chi connectivity index (χ3v) is 0. The summed E-state index contributed by atoms with van der Waals surface area (Å²) in [6.45, 7) is 0. The fourth-order valence-corrected chi connectivity index (χ4v) is 0. The summed E-state index contributed by atoms with van der Waals surface area (Å²) in [5, 5.41) is 0. The maximum absolute atomic E-state index is 8.06. The Labute approximate surface area is 70.6 Å². The van der Waals surface area contributed by atoms with Crippen molar-refractivity contribution in [2.45, 2.75) is 0 Å². The van der Waals surface area contributed by atoms with Gasteiger partial charge in [0.2, 0.25) is 0 Å². The van der Waals surface area contributed by atoms with E-state index in [1.807, 2.05) is 0 Å². The van der Waals surface area contributed by atoms with E-state index in [1.165, 1.54) is 0 Å². The van der Waals surface area contributed by atoms with Crippen molar-refractivity contribution < 1.29 is 24.5 Å². The number of rotatable bonds is 0. The normalized spacial score (nSPS) is 1.00. The maximum atomic E-state index is 8.06. The van der Waals surface area contributed by atoms with Crippen molar-refractivity contribution in [3.8, 4) is 0 Å². The quantitative estimate of drug-likeness (QED) is 0.355. The topological polar surface area (TPSA) is 17.1 Å². The minimum atomic E-state index is 0. The molecule has 0 aromatic heterocycles. The Hall–Kier alpha value is 1.88. The van der Waals surface area contributed by atoms with Crippen LogP contribution in [0.25, 0.3) is 0 Å². The molecule has 1 nitrogen and oxygen atoms in total. The molecule has 0 fully saturated rings.